The Morgan fingerprint density at radius 2 is 1.55 bits per heavy atom. The summed E-state index contributed by atoms with van der Waals surface area (Å²) >= 11 is -2.36. The van der Waals surface area contributed by atoms with E-state index in [-0.39, 0.29) is 34.5 Å². The third-order valence-electron chi connectivity index (χ3n) is 2.57. The fourth-order valence-corrected chi connectivity index (χ4v) is 2.04. The topological polar surface area (TPSA) is 40.1 Å². The molecule has 0 N–H and O–H groups in total. The van der Waals surface area contributed by atoms with Gasteiger partial charge in [-0.1, -0.05) is 24.3 Å². The second-order valence-corrected chi connectivity index (χ2v) is 4.78. The van der Waals surface area contributed by atoms with Crippen molar-refractivity contribution in [3.8, 4) is 11.1 Å². The van der Waals surface area contributed by atoms with E-state index in [0.717, 1.165) is 12.1 Å². The van der Waals surface area contributed by atoms with Crippen LogP contribution in [0.1, 0.15) is 5.56 Å². The number of halogens is 3. The maximum absolute atomic E-state index is 12.4. The first-order chi connectivity index (χ1) is 8.88. The first kappa shape index (κ1) is 17.4. The summed E-state index contributed by atoms with van der Waals surface area (Å²) in [6.45, 7) is 0. The Morgan fingerprint density at radius 1 is 0.950 bits per heavy atom. The maximum atomic E-state index is 12.4. The van der Waals surface area contributed by atoms with E-state index < -0.39 is 22.8 Å². The molecule has 2 nitrogen and oxygen atoms in total. The van der Waals surface area contributed by atoms with Gasteiger partial charge in [0.2, 0.25) is 0 Å². The van der Waals surface area contributed by atoms with E-state index in [0.29, 0.717) is 11.1 Å². The van der Waals surface area contributed by atoms with Gasteiger partial charge < -0.3 is 4.55 Å². The maximum Gasteiger partial charge on any atom is 1.00 e. The quantitative estimate of drug-likeness (QED) is 0.603. The molecule has 0 aliphatic heterocycles. The average Bonchev–Trinajstić information content (AvgIpc) is 2.38. The summed E-state index contributed by atoms with van der Waals surface area (Å²) in [5.74, 6) is 0. The molecule has 0 spiro atoms. The number of hydrogen-bond acceptors (Lipinski definition) is 2. The molecule has 2 aromatic rings. The van der Waals surface area contributed by atoms with Gasteiger partial charge in [-0.05, 0) is 46.5 Å². The molecule has 20 heavy (non-hydrogen) atoms. The van der Waals surface area contributed by atoms with Crippen LogP contribution < -0.4 is 29.6 Å². The van der Waals surface area contributed by atoms with Crippen LogP contribution in [-0.4, -0.2) is 8.76 Å². The Labute approximate surface area is 138 Å². The van der Waals surface area contributed by atoms with Gasteiger partial charge in [0.15, 0.2) is 0 Å². The molecule has 0 aliphatic carbocycles. The van der Waals surface area contributed by atoms with Crippen LogP contribution in [0.2, 0.25) is 0 Å². The van der Waals surface area contributed by atoms with Gasteiger partial charge in [0, 0.05) is 4.90 Å². The third kappa shape index (κ3) is 4.17. The summed E-state index contributed by atoms with van der Waals surface area (Å²) in [5, 5.41) is 0. The summed E-state index contributed by atoms with van der Waals surface area (Å²) in [6, 6.07) is 10.6. The van der Waals surface area contributed by atoms with E-state index in [9.17, 15) is 21.9 Å². The zero-order valence-corrected chi connectivity index (χ0v) is 13.3. The van der Waals surface area contributed by atoms with E-state index >= 15 is 0 Å². The van der Waals surface area contributed by atoms with Crippen molar-refractivity contribution in [3.05, 3.63) is 54.1 Å². The molecule has 2 rings (SSSR count). The van der Waals surface area contributed by atoms with Crippen molar-refractivity contribution in [1.82, 2.24) is 0 Å². The van der Waals surface area contributed by atoms with Crippen molar-refractivity contribution in [2.75, 3.05) is 0 Å². The van der Waals surface area contributed by atoms with Gasteiger partial charge in [-0.25, -0.2) is 0 Å². The second-order valence-electron chi connectivity index (χ2n) is 3.84. The molecule has 0 saturated carbocycles. The molecule has 100 valence electrons. The summed E-state index contributed by atoms with van der Waals surface area (Å²) in [4.78, 5) is 0.0948. The number of rotatable bonds is 2. The van der Waals surface area contributed by atoms with Crippen LogP contribution in [0.25, 0.3) is 11.1 Å². The summed E-state index contributed by atoms with van der Waals surface area (Å²) in [6.07, 6.45) is -4.38. The van der Waals surface area contributed by atoms with Gasteiger partial charge in [0.05, 0.1) is 5.56 Å². The van der Waals surface area contributed by atoms with E-state index in [1.165, 1.54) is 30.3 Å². The molecule has 0 aromatic heterocycles. The first-order valence-corrected chi connectivity index (χ1v) is 6.32. The van der Waals surface area contributed by atoms with Crippen LogP contribution in [-0.2, 0) is 17.3 Å². The van der Waals surface area contributed by atoms with Crippen molar-refractivity contribution in [1.29, 1.82) is 0 Å². The zero-order valence-electron chi connectivity index (χ0n) is 10.5. The monoisotopic (exact) mass is 308 g/mol. The smallest absolute Gasteiger partial charge is 0.768 e. The molecule has 0 heterocycles. The molecule has 0 radical (unpaired) electrons. The molecule has 0 bridgehead atoms. The van der Waals surface area contributed by atoms with Crippen LogP contribution >= 0.6 is 0 Å². The third-order valence-corrected chi connectivity index (χ3v) is 3.21. The largest absolute Gasteiger partial charge is 1.00 e. The van der Waals surface area contributed by atoms with E-state index in [2.05, 4.69) is 0 Å². The van der Waals surface area contributed by atoms with Crippen LogP contribution in [0, 0.1) is 0 Å². The Bertz CT molecular complexity index is 612. The number of alkyl halides is 3. The van der Waals surface area contributed by atoms with Crippen molar-refractivity contribution in [2.45, 2.75) is 11.1 Å². The van der Waals surface area contributed by atoms with Crippen LogP contribution in [0.3, 0.4) is 0 Å². The SMILES string of the molecule is O=S([O-])c1cccc(-c2ccc(C(F)(F)F)cc2)c1.[Na+]. The Morgan fingerprint density at radius 3 is 2.05 bits per heavy atom. The summed E-state index contributed by atoms with van der Waals surface area (Å²) < 4.78 is 58.9. The van der Waals surface area contributed by atoms with E-state index in [1.54, 1.807) is 6.07 Å². The fourth-order valence-electron chi connectivity index (χ4n) is 1.63. The van der Waals surface area contributed by atoms with Gasteiger partial charge in [0.25, 0.3) is 0 Å². The van der Waals surface area contributed by atoms with Gasteiger partial charge in [-0.2, -0.15) is 13.2 Å². The molecular formula is C13H8F3NaO2S. The molecule has 1 unspecified atom stereocenters. The summed E-state index contributed by atoms with van der Waals surface area (Å²) in [7, 11) is 0. The molecule has 2 aromatic carbocycles. The minimum absolute atomic E-state index is 0. The standard InChI is InChI=1S/C13H9F3O2S.Na/c14-13(15,16)11-6-4-9(5-7-11)10-2-1-3-12(8-10)19(17)18;/h1-8H,(H,17,18);/q;+1/p-1. The normalized spacial score (nSPS) is 12.6. The predicted molar refractivity (Wildman–Crippen MR) is 64.1 cm³/mol. The van der Waals surface area contributed by atoms with Gasteiger partial charge >= 0.3 is 35.7 Å². The minimum Gasteiger partial charge on any atom is -0.768 e. The number of hydrogen-bond donors (Lipinski definition) is 0. The summed E-state index contributed by atoms with van der Waals surface area (Å²) in [5.41, 5.74) is 0.343. The van der Waals surface area contributed by atoms with Crippen molar-refractivity contribution in [3.63, 3.8) is 0 Å². The van der Waals surface area contributed by atoms with Crippen LogP contribution in [0.4, 0.5) is 13.2 Å². The molecule has 0 aliphatic rings. The van der Waals surface area contributed by atoms with Crippen molar-refractivity contribution in [2.24, 2.45) is 0 Å². The van der Waals surface area contributed by atoms with Crippen molar-refractivity contribution < 1.29 is 51.5 Å². The molecule has 0 amide bonds. The van der Waals surface area contributed by atoms with Gasteiger partial charge in [-0.3, -0.25) is 4.21 Å². The molecule has 1 atom stereocenters. The number of benzene rings is 2. The molecule has 0 fully saturated rings. The first-order valence-electron chi connectivity index (χ1n) is 5.25. The zero-order chi connectivity index (χ0) is 14.0. The Hall–Kier alpha value is -0.660. The van der Waals surface area contributed by atoms with Gasteiger partial charge in [-0.15, -0.1) is 0 Å². The van der Waals surface area contributed by atoms with Crippen LogP contribution in [0.5, 0.6) is 0 Å². The molecule has 7 heteroatoms. The Balaban J connectivity index is 0.00000200. The Kier molecular flexibility index (Phi) is 5.97. The molecular weight excluding hydrogens is 300 g/mol. The van der Waals surface area contributed by atoms with Gasteiger partial charge in [0.1, 0.15) is 0 Å². The fraction of sp³-hybridized carbons (Fsp3) is 0.0769. The van der Waals surface area contributed by atoms with Crippen LogP contribution in [0.15, 0.2) is 53.4 Å². The second kappa shape index (κ2) is 6.87. The molecule has 0 saturated heterocycles. The average molecular weight is 308 g/mol. The predicted octanol–water partition coefficient (Wildman–Crippen LogP) is 0.614. The van der Waals surface area contributed by atoms with Crippen molar-refractivity contribution >= 4 is 11.1 Å². The van der Waals surface area contributed by atoms with E-state index in [4.69, 9.17) is 0 Å². The van der Waals surface area contributed by atoms with E-state index in [1.807, 2.05) is 0 Å². The minimum atomic E-state index is -4.38.